The van der Waals surface area contributed by atoms with Gasteiger partial charge in [-0.05, 0) is 26.1 Å². The Balaban J connectivity index is 2.18. The van der Waals surface area contributed by atoms with E-state index in [4.69, 9.17) is 0 Å². The lowest BCUT2D eigenvalue weighted by molar-refractivity contribution is 0.233. The minimum atomic E-state index is -0.525. The Morgan fingerprint density at radius 3 is 2.62 bits per heavy atom. The summed E-state index contributed by atoms with van der Waals surface area (Å²) in [7, 11) is 2.06. The summed E-state index contributed by atoms with van der Waals surface area (Å²) >= 11 is 0. The molecule has 0 saturated carbocycles. The van der Waals surface area contributed by atoms with Crippen molar-refractivity contribution in [2.24, 2.45) is 0 Å². The second-order valence-corrected chi connectivity index (χ2v) is 4.37. The number of nitrogens with zero attached hydrogens (tertiary/aromatic N) is 2. The molecule has 1 aliphatic heterocycles. The Kier molecular flexibility index (Phi) is 3.10. The van der Waals surface area contributed by atoms with E-state index in [0.29, 0.717) is 11.7 Å². The minimum absolute atomic E-state index is 0.387. The molecule has 0 N–H and O–H groups in total. The normalized spacial score (nSPS) is 22.5. The third-order valence-electron chi connectivity index (χ3n) is 3.21. The first-order valence-electron chi connectivity index (χ1n) is 5.48. The van der Waals surface area contributed by atoms with Gasteiger partial charge in [0, 0.05) is 31.7 Å². The second-order valence-electron chi connectivity index (χ2n) is 4.37. The summed E-state index contributed by atoms with van der Waals surface area (Å²) in [5.74, 6) is -1.000. The van der Waals surface area contributed by atoms with E-state index in [-0.39, 0.29) is 0 Å². The lowest BCUT2D eigenvalue weighted by Gasteiger charge is -2.39. The Bertz CT molecular complexity index is 381. The van der Waals surface area contributed by atoms with Crippen LogP contribution in [0.2, 0.25) is 0 Å². The van der Waals surface area contributed by atoms with Crippen molar-refractivity contribution in [3.8, 4) is 0 Å². The molecule has 1 fully saturated rings. The van der Waals surface area contributed by atoms with Crippen molar-refractivity contribution in [2.75, 3.05) is 31.6 Å². The molecule has 4 heteroatoms. The van der Waals surface area contributed by atoms with Gasteiger partial charge in [0.1, 0.15) is 11.6 Å². The molecule has 0 aromatic heterocycles. The monoisotopic (exact) mass is 226 g/mol. The quantitative estimate of drug-likeness (QED) is 0.723. The maximum absolute atomic E-state index is 13.6. The number of halogens is 2. The van der Waals surface area contributed by atoms with Crippen LogP contribution >= 0.6 is 0 Å². The van der Waals surface area contributed by atoms with Crippen LogP contribution in [0.15, 0.2) is 18.2 Å². The first kappa shape index (κ1) is 11.3. The van der Waals surface area contributed by atoms with E-state index >= 15 is 0 Å². The lowest BCUT2D eigenvalue weighted by atomic mass is 10.1. The highest BCUT2D eigenvalue weighted by atomic mass is 19.1. The third kappa shape index (κ3) is 2.16. The molecular weight excluding hydrogens is 210 g/mol. The van der Waals surface area contributed by atoms with Crippen LogP contribution < -0.4 is 4.90 Å². The van der Waals surface area contributed by atoms with E-state index in [1.807, 2.05) is 4.90 Å². The van der Waals surface area contributed by atoms with Gasteiger partial charge in [-0.2, -0.15) is 0 Å². The standard InChI is InChI=1S/C12H16F2N2/c1-9-8-16(6-5-15(9)2)12-4-3-10(13)7-11(12)14/h3-4,7,9H,5-6,8H2,1-2H3. The van der Waals surface area contributed by atoms with Crippen LogP contribution in [0.25, 0.3) is 0 Å². The van der Waals surface area contributed by atoms with E-state index in [2.05, 4.69) is 18.9 Å². The molecule has 0 spiro atoms. The number of rotatable bonds is 1. The van der Waals surface area contributed by atoms with Crippen molar-refractivity contribution < 1.29 is 8.78 Å². The number of hydrogen-bond acceptors (Lipinski definition) is 2. The van der Waals surface area contributed by atoms with Gasteiger partial charge in [-0.1, -0.05) is 0 Å². The molecular formula is C12H16F2N2. The first-order chi connectivity index (χ1) is 7.58. The SMILES string of the molecule is CC1CN(c2ccc(F)cc2F)CCN1C. The second kappa shape index (κ2) is 4.37. The van der Waals surface area contributed by atoms with Gasteiger partial charge in [-0.3, -0.25) is 0 Å². The molecule has 1 aromatic rings. The number of hydrogen-bond donors (Lipinski definition) is 0. The lowest BCUT2D eigenvalue weighted by Crippen LogP contribution is -2.50. The third-order valence-corrected chi connectivity index (χ3v) is 3.21. The zero-order chi connectivity index (χ0) is 11.7. The maximum Gasteiger partial charge on any atom is 0.149 e. The Morgan fingerprint density at radius 2 is 2.00 bits per heavy atom. The highest BCUT2D eigenvalue weighted by Crippen LogP contribution is 2.22. The maximum atomic E-state index is 13.6. The Morgan fingerprint density at radius 1 is 1.25 bits per heavy atom. The van der Waals surface area contributed by atoms with Gasteiger partial charge >= 0.3 is 0 Å². The first-order valence-corrected chi connectivity index (χ1v) is 5.48. The summed E-state index contributed by atoms with van der Waals surface area (Å²) in [6.07, 6.45) is 0. The molecule has 16 heavy (non-hydrogen) atoms. The molecule has 1 aromatic carbocycles. The largest absolute Gasteiger partial charge is 0.366 e. The van der Waals surface area contributed by atoms with E-state index in [1.54, 1.807) is 0 Å². The molecule has 88 valence electrons. The predicted octanol–water partition coefficient (Wildman–Crippen LogP) is 2.11. The highest BCUT2D eigenvalue weighted by molar-refractivity contribution is 5.48. The van der Waals surface area contributed by atoms with Crippen molar-refractivity contribution in [1.82, 2.24) is 4.90 Å². The molecule has 2 rings (SSSR count). The minimum Gasteiger partial charge on any atom is -0.366 e. The predicted molar refractivity (Wildman–Crippen MR) is 60.7 cm³/mol. The van der Waals surface area contributed by atoms with Crippen molar-refractivity contribution >= 4 is 5.69 Å². The van der Waals surface area contributed by atoms with Crippen molar-refractivity contribution in [3.63, 3.8) is 0 Å². The van der Waals surface area contributed by atoms with Crippen LogP contribution in [0, 0.1) is 11.6 Å². The molecule has 0 amide bonds. The van der Waals surface area contributed by atoms with Crippen LogP contribution in [0.1, 0.15) is 6.92 Å². The summed E-state index contributed by atoms with van der Waals surface area (Å²) < 4.78 is 26.4. The van der Waals surface area contributed by atoms with Gasteiger partial charge < -0.3 is 9.80 Å². The Labute approximate surface area is 94.5 Å². The van der Waals surface area contributed by atoms with E-state index in [0.717, 1.165) is 25.7 Å². The zero-order valence-corrected chi connectivity index (χ0v) is 9.58. The van der Waals surface area contributed by atoms with Gasteiger partial charge in [-0.15, -0.1) is 0 Å². The highest BCUT2D eigenvalue weighted by Gasteiger charge is 2.22. The van der Waals surface area contributed by atoms with E-state index < -0.39 is 11.6 Å². The fourth-order valence-electron chi connectivity index (χ4n) is 2.00. The van der Waals surface area contributed by atoms with Crippen LogP contribution in [-0.2, 0) is 0 Å². The number of piperazine rings is 1. The van der Waals surface area contributed by atoms with Crippen LogP contribution in [-0.4, -0.2) is 37.6 Å². The van der Waals surface area contributed by atoms with E-state index in [1.165, 1.54) is 12.1 Å². The summed E-state index contributed by atoms with van der Waals surface area (Å²) in [6.45, 7) is 4.56. The van der Waals surface area contributed by atoms with E-state index in [9.17, 15) is 8.78 Å². The summed E-state index contributed by atoms with van der Waals surface area (Å²) in [5.41, 5.74) is 0.501. The average Bonchev–Trinajstić information content (AvgIpc) is 2.22. The average molecular weight is 226 g/mol. The number of likely N-dealkylation sites (N-methyl/N-ethyl adjacent to an activating group) is 1. The van der Waals surface area contributed by atoms with Crippen molar-refractivity contribution in [3.05, 3.63) is 29.8 Å². The smallest absolute Gasteiger partial charge is 0.149 e. The number of benzene rings is 1. The number of anilines is 1. The molecule has 1 saturated heterocycles. The molecule has 2 nitrogen and oxygen atoms in total. The summed E-state index contributed by atoms with van der Waals surface area (Å²) in [6, 6.07) is 4.15. The fraction of sp³-hybridized carbons (Fsp3) is 0.500. The molecule has 0 radical (unpaired) electrons. The topological polar surface area (TPSA) is 6.48 Å². The van der Waals surface area contributed by atoms with Crippen LogP contribution in [0.5, 0.6) is 0 Å². The van der Waals surface area contributed by atoms with Gasteiger partial charge in [0.2, 0.25) is 0 Å². The summed E-state index contributed by atoms with van der Waals surface area (Å²) in [5, 5.41) is 0. The van der Waals surface area contributed by atoms with Gasteiger partial charge in [0.05, 0.1) is 5.69 Å². The molecule has 1 heterocycles. The fourth-order valence-corrected chi connectivity index (χ4v) is 2.00. The molecule has 0 bridgehead atoms. The molecule has 1 aliphatic rings. The zero-order valence-electron chi connectivity index (χ0n) is 9.58. The van der Waals surface area contributed by atoms with Crippen LogP contribution in [0.3, 0.4) is 0 Å². The van der Waals surface area contributed by atoms with Crippen molar-refractivity contribution in [2.45, 2.75) is 13.0 Å². The molecule has 1 unspecified atom stereocenters. The molecule has 1 atom stereocenters. The van der Waals surface area contributed by atoms with Gasteiger partial charge in [-0.25, -0.2) is 8.78 Å². The Hall–Kier alpha value is -1.16. The van der Waals surface area contributed by atoms with Gasteiger partial charge in [0.15, 0.2) is 0 Å². The van der Waals surface area contributed by atoms with Gasteiger partial charge in [0.25, 0.3) is 0 Å². The summed E-state index contributed by atoms with van der Waals surface area (Å²) in [4.78, 5) is 4.21. The van der Waals surface area contributed by atoms with Crippen molar-refractivity contribution in [1.29, 1.82) is 0 Å². The molecule has 0 aliphatic carbocycles. The van der Waals surface area contributed by atoms with Crippen LogP contribution in [0.4, 0.5) is 14.5 Å².